The summed E-state index contributed by atoms with van der Waals surface area (Å²) in [5.41, 5.74) is 17.0. The van der Waals surface area contributed by atoms with Crippen molar-refractivity contribution < 1.29 is 9.53 Å². The predicted octanol–water partition coefficient (Wildman–Crippen LogP) is 4.29. The number of imidazole rings is 1. The van der Waals surface area contributed by atoms with Crippen LogP contribution in [0.4, 0.5) is 17.3 Å². The molecule has 5 aromatic rings. The number of hydrogen-bond donors (Lipinski definition) is 3. The van der Waals surface area contributed by atoms with Crippen molar-refractivity contribution in [2.24, 2.45) is 24.6 Å². The van der Waals surface area contributed by atoms with Crippen LogP contribution in [0.2, 0.25) is 0 Å². The molecule has 11 heteroatoms. The van der Waals surface area contributed by atoms with Gasteiger partial charge in [0, 0.05) is 43.2 Å². The first-order valence-electron chi connectivity index (χ1n) is 15.0. The van der Waals surface area contributed by atoms with E-state index in [0.717, 1.165) is 71.0 Å². The molecule has 0 spiro atoms. The number of aryl methyl sites for hydroxylation is 1. The molecule has 1 saturated heterocycles. The van der Waals surface area contributed by atoms with Crippen molar-refractivity contribution >= 4 is 45.3 Å². The largest absolute Gasteiger partial charge is 0.494 e. The van der Waals surface area contributed by atoms with Crippen LogP contribution >= 0.6 is 0 Å². The van der Waals surface area contributed by atoms with Gasteiger partial charge in [0.15, 0.2) is 5.82 Å². The molecule has 1 amide bonds. The van der Waals surface area contributed by atoms with Gasteiger partial charge in [0.2, 0.25) is 0 Å². The number of aromatic nitrogens is 5. The van der Waals surface area contributed by atoms with Gasteiger partial charge in [-0.1, -0.05) is 0 Å². The number of nitrogens with two attached hydrogens (primary N) is 2. The number of piperidine rings is 1. The number of carbonyl (C=O) groups is 1. The third-order valence-electron chi connectivity index (χ3n) is 9.48. The van der Waals surface area contributed by atoms with E-state index in [1.807, 2.05) is 36.2 Å². The summed E-state index contributed by atoms with van der Waals surface area (Å²) in [4.78, 5) is 29.9. The Kier molecular flexibility index (Phi) is 5.87. The molecule has 3 aliphatic rings. The Bertz CT molecular complexity index is 1890. The van der Waals surface area contributed by atoms with E-state index >= 15 is 0 Å². The zero-order valence-electron chi connectivity index (χ0n) is 24.3. The normalized spacial score (nSPS) is 21.3. The van der Waals surface area contributed by atoms with Crippen LogP contribution in [0, 0.1) is 11.8 Å². The van der Waals surface area contributed by atoms with Gasteiger partial charge in [0.1, 0.15) is 28.5 Å². The van der Waals surface area contributed by atoms with Crippen molar-refractivity contribution in [3.8, 4) is 17.3 Å². The lowest BCUT2D eigenvalue weighted by molar-refractivity contribution is 0.0700. The number of nitrogen functional groups attached to an aromatic ring is 1. The Labute approximate surface area is 248 Å². The fraction of sp³-hybridized carbons (Fsp3) is 0.375. The number of likely N-dealkylation sites (tertiary alicyclic amines) is 1. The number of methoxy groups -OCH3 is 1. The second-order valence-corrected chi connectivity index (χ2v) is 12.3. The predicted molar refractivity (Wildman–Crippen MR) is 166 cm³/mol. The maximum absolute atomic E-state index is 13.7. The molecule has 3 fully saturated rings. The van der Waals surface area contributed by atoms with Gasteiger partial charge >= 0.3 is 0 Å². The number of nitrogens with one attached hydrogen (secondary N) is 1. The summed E-state index contributed by atoms with van der Waals surface area (Å²) in [5.74, 6) is 3.63. The Hall–Kier alpha value is -4.64. The van der Waals surface area contributed by atoms with Crippen molar-refractivity contribution in [2.45, 2.75) is 44.3 Å². The van der Waals surface area contributed by atoms with E-state index in [1.54, 1.807) is 19.4 Å². The average molecular weight is 578 g/mol. The maximum atomic E-state index is 13.7. The fourth-order valence-corrected chi connectivity index (χ4v) is 7.02. The van der Waals surface area contributed by atoms with Gasteiger partial charge in [-0.25, -0.2) is 15.0 Å². The molecule has 2 bridgehead atoms. The molecule has 3 atom stereocenters. The number of amides is 1. The first-order chi connectivity index (χ1) is 20.9. The van der Waals surface area contributed by atoms with Crippen molar-refractivity contribution in [1.82, 2.24) is 29.0 Å². The lowest BCUT2D eigenvalue weighted by Crippen LogP contribution is -2.41. The van der Waals surface area contributed by atoms with Gasteiger partial charge in [0.05, 0.1) is 30.2 Å². The van der Waals surface area contributed by atoms with E-state index in [-0.39, 0.29) is 18.0 Å². The quantitative estimate of drug-likeness (QED) is 0.260. The fourth-order valence-electron chi connectivity index (χ4n) is 7.02. The van der Waals surface area contributed by atoms with Crippen LogP contribution in [-0.4, -0.2) is 60.6 Å². The standard InChI is InChI=1S/C32H35N9O2/c1-39-29-22(11-20(13-25(29)43-2)32(42)41-16-19-5-8-23(41)28(19)34)37-31(39)24-12-18-6-10-27(36-21-7-9-26(33)35-14-21)38-30(18)40(24)15-17-3-4-17/h6-7,9-14,17,19,23,28H,3-5,8,15-16,34H2,1-2H3,(H2,33,35)(H,36,38). The number of pyridine rings is 2. The molecule has 2 saturated carbocycles. The van der Waals surface area contributed by atoms with Gasteiger partial charge in [-0.15, -0.1) is 0 Å². The lowest BCUT2D eigenvalue weighted by Gasteiger charge is -2.27. The van der Waals surface area contributed by atoms with Crippen LogP contribution in [0.3, 0.4) is 0 Å². The van der Waals surface area contributed by atoms with Gasteiger partial charge in [-0.05, 0) is 80.0 Å². The molecule has 1 aliphatic heterocycles. The molecule has 5 N–H and O–H groups in total. The molecule has 2 aliphatic carbocycles. The SMILES string of the molecule is COc1cc(C(=O)N2CC3CCC2C3N)cc2nc(-c3cc4ccc(Nc5ccc(N)nc5)nc4n3CC3CC3)n(C)c12. The summed E-state index contributed by atoms with van der Waals surface area (Å²) in [5, 5.41) is 4.38. The second-order valence-electron chi connectivity index (χ2n) is 12.3. The van der Waals surface area contributed by atoms with Crippen molar-refractivity contribution in [3.05, 3.63) is 54.2 Å². The Morgan fingerprint density at radius 2 is 1.95 bits per heavy atom. The number of rotatable bonds is 7. The molecule has 43 heavy (non-hydrogen) atoms. The molecule has 4 aromatic heterocycles. The second kappa shape index (κ2) is 9.70. The molecule has 1 aromatic carbocycles. The van der Waals surface area contributed by atoms with Gasteiger partial charge in [0.25, 0.3) is 5.91 Å². The minimum atomic E-state index is -0.00145. The van der Waals surface area contributed by atoms with E-state index in [2.05, 4.69) is 31.6 Å². The van der Waals surface area contributed by atoms with Crippen molar-refractivity contribution in [2.75, 3.05) is 24.7 Å². The van der Waals surface area contributed by atoms with Crippen LogP contribution in [0.5, 0.6) is 5.75 Å². The van der Waals surface area contributed by atoms with E-state index in [0.29, 0.717) is 29.0 Å². The summed E-state index contributed by atoms with van der Waals surface area (Å²) < 4.78 is 10.2. The molecule has 3 unspecified atom stereocenters. The summed E-state index contributed by atoms with van der Waals surface area (Å²) in [6, 6.07) is 13.8. The molecule has 5 heterocycles. The summed E-state index contributed by atoms with van der Waals surface area (Å²) in [7, 11) is 3.64. The Balaban J connectivity index is 1.20. The van der Waals surface area contributed by atoms with E-state index in [4.69, 9.17) is 26.2 Å². The number of nitrogens with zero attached hydrogens (tertiary/aromatic N) is 6. The van der Waals surface area contributed by atoms with Crippen LogP contribution in [0.25, 0.3) is 33.6 Å². The van der Waals surface area contributed by atoms with Crippen LogP contribution in [0.15, 0.2) is 48.7 Å². The number of hydrogen-bond acceptors (Lipinski definition) is 8. The highest BCUT2D eigenvalue weighted by Gasteiger charge is 2.47. The number of benzene rings is 1. The summed E-state index contributed by atoms with van der Waals surface area (Å²) >= 11 is 0. The number of carbonyl (C=O) groups excluding carboxylic acids is 1. The summed E-state index contributed by atoms with van der Waals surface area (Å²) in [6.07, 6.45) is 6.18. The maximum Gasteiger partial charge on any atom is 0.254 e. The third kappa shape index (κ3) is 4.29. The minimum Gasteiger partial charge on any atom is -0.494 e. The molecule has 8 rings (SSSR count). The van der Waals surface area contributed by atoms with E-state index in [1.165, 1.54) is 12.8 Å². The lowest BCUT2D eigenvalue weighted by atomic mass is 10.1. The highest BCUT2D eigenvalue weighted by Crippen LogP contribution is 2.40. The highest BCUT2D eigenvalue weighted by molar-refractivity contribution is 6.00. The monoisotopic (exact) mass is 577 g/mol. The Morgan fingerprint density at radius 3 is 2.65 bits per heavy atom. The third-order valence-corrected chi connectivity index (χ3v) is 9.48. The van der Waals surface area contributed by atoms with Crippen LogP contribution in [0.1, 0.15) is 36.0 Å². The minimum absolute atomic E-state index is 0.00145. The van der Waals surface area contributed by atoms with Crippen LogP contribution in [-0.2, 0) is 13.6 Å². The first-order valence-corrected chi connectivity index (χ1v) is 15.0. The number of anilines is 3. The van der Waals surface area contributed by atoms with E-state index < -0.39 is 0 Å². The van der Waals surface area contributed by atoms with Crippen molar-refractivity contribution in [1.29, 1.82) is 0 Å². The molecule has 11 nitrogen and oxygen atoms in total. The van der Waals surface area contributed by atoms with E-state index in [9.17, 15) is 4.79 Å². The highest BCUT2D eigenvalue weighted by atomic mass is 16.5. The van der Waals surface area contributed by atoms with Crippen molar-refractivity contribution in [3.63, 3.8) is 0 Å². The molecular weight excluding hydrogens is 542 g/mol. The average Bonchev–Trinajstić information content (AvgIpc) is 3.42. The first kappa shape index (κ1) is 26.0. The van der Waals surface area contributed by atoms with Gasteiger partial charge in [-0.3, -0.25) is 4.79 Å². The zero-order valence-corrected chi connectivity index (χ0v) is 24.3. The van der Waals surface area contributed by atoms with Gasteiger partial charge < -0.3 is 35.6 Å². The molecule has 0 radical (unpaired) electrons. The molecular formula is C32H35N9O2. The number of ether oxygens (including phenoxy) is 1. The molecule has 220 valence electrons. The number of fused-ring (bicyclic) bond motifs is 4. The Morgan fingerprint density at radius 1 is 1.09 bits per heavy atom. The summed E-state index contributed by atoms with van der Waals surface area (Å²) in [6.45, 7) is 1.58. The van der Waals surface area contributed by atoms with Gasteiger partial charge in [-0.2, -0.15) is 0 Å². The zero-order chi connectivity index (χ0) is 29.4. The topological polar surface area (TPSA) is 142 Å². The van der Waals surface area contributed by atoms with Crippen LogP contribution < -0.4 is 21.5 Å². The smallest absolute Gasteiger partial charge is 0.254 e.